The Morgan fingerprint density at radius 3 is 2.40 bits per heavy atom. The number of benzene rings is 2. The molecule has 0 amide bonds. The molecule has 0 saturated carbocycles. The van der Waals surface area contributed by atoms with E-state index in [9.17, 15) is 14.9 Å². The Hall–Kier alpha value is -3.79. The average molecular weight is 405 g/mol. The number of anilines is 1. The molecular formula is C23H23N3O4. The van der Waals surface area contributed by atoms with Crippen LogP contribution in [0.1, 0.15) is 35.5 Å². The molecule has 0 aliphatic heterocycles. The Morgan fingerprint density at radius 1 is 1.13 bits per heavy atom. The van der Waals surface area contributed by atoms with Gasteiger partial charge in [0, 0.05) is 10.9 Å². The summed E-state index contributed by atoms with van der Waals surface area (Å²) in [6, 6.07) is 13.6. The minimum atomic E-state index is -0.654. The van der Waals surface area contributed by atoms with Gasteiger partial charge in [-0.05, 0) is 38.0 Å². The number of nitrogens with zero attached hydrogens (tertiary/aromatic N) is 2. The van der Waals surface area contributed by atoms with Crippen LogP contribution < -0.4 is 5.73 Å². The molecule has 3 aromatic rings. The second-order valence-electron chi connectivity index (χ2n) is 6.69. The first kappa shape index (κ1) is 20.9. The lowest BCUT2D eigenvalue weighted by atomic mass is 9.93. The van der Waals surface area contributed by atoms with E-state index >= 15 is 0 Å². The molecule has 2 aromatic carbocycles. The van der Waals surface area contributed by atoms with Crippen LogP contribution in [0.15, 0.2) is 36.4 Å². The van der Waals surface area contributed by atoms with Crippen molar-refractivity contribution in [1.29, 1.82) is 5.26 Å². The summed E-state index contributed by atoms with van der Waals surface area (Å²) in [6.45, 7) is 5.35. The molecule has 0 aliphatic carbocycles. The summed E-state index contributed by atoms with van der Waals surface area (Å²) < 4.78 is 11.7. The SMILES string of the molecule is CCOC(=O)Cn1c(C(=O)OCC)c(N)c2cc(C)c(-c3ccccc3)c(C#N)c21. The third-order valence-corrected chi connectivity index (χ3v) is 4.82. The van der Waals surface area contributed by atoms with Gasteiger partial charge in [0.15, 0.2) is 5.69 Å². The molecule has 0 unspecified atom stereocenters. The molecule has 2 N–H and O–H groups in total. The first-order valence-electron chi connectivity index (χ1n) is 9.68. The van der Waals surface area contributed by atoms with Crippen molar-refractivity contribution in [3.05, 3.63) is 53.2 Å². The van der Waals surface area contributed by atoms with Gasteiger partial charge in [-0.2, -0.15) is 5.26 Å². The topological polar surface area (TPSA) is 107 Å². The van der Waals surface area contributed by atoms with Crippen molar-refractivity contribution in [2.75, 3.05) is 18.9 Å². The molecule has 0 saturated heterocycles. The quantitative estimate of drug-likeness (QED) is 0.625. The largest absolute Gasteiger partial charge is 0.465 e. The summed E-state index contributed by atoms with van der Waals surface area (Å²) in [4.78, 5) is 25.0. The van der Waals surface area contributed by atoms with Gasteiger partial charge in [0.25, 0.3) is 0 Å². The van der Waals surface area contributed by atoms with Crippen LogP contribution in [0.2, 0.25) is 0 Å². The van der Waals surface area contributed by atoms with Crippen molar-refractivity contribution >= 4 is 28.5 Å². The number of carbonyl (C=O) groups is 2. The van der Waals surface area contributed by atoms with E-state index in [1.54, 1.807) is 13.8 Å². The van der Waals surface area contributed by atoms with Crippen LogP contribution in [0.25, 0.3) is 22.0 Å². The molecule has 7 heteroatoms. The third-order valence-electron chi connectivity index (χ3n) is 4.82. The predicted molar refractivity (Wildman–Crippen MR) is 114 cm³/mol. The smallest absolute Gasteiger partial charge is 0.357 e. The summed E-state index contributed by atoms with van der Waals surface area (Å²) in [5, 5.41) is 10.6. The number of hydrogen-bond acceptors (Lipinski definition) is 6. The monoisotopic (exact) mass is 405 g/mol. The van der Waals surface area contributed by atoms with E-state index in [-0.39, 0.29) is 31.1 Å². The molecule has 154 valence electrons. The third kappa shape index (κ3) is 3.60. The van der Waals surface area contributed by atoms with Crippen molar-refractivity contribution in [2.24, 2.45) is 0 Å². The Kier molecular flexibility index (Phi) is 6.07. The van der Waals surface area contributed by atoms with E-state index in [0.717, 1.165) is 16.7 Å². The van der Waals surface area contributed by atoms with Crippen LogP contribution >= 0.6 is 0 Å². The first-order chi connectivity index (χ1) is 14.4. The first-order valence-corrected chi connectivity index (χ1v) is 9.68. The maximum absolute atomic E-state index is 12.7. The summed E-state index contributed by atoms with van der Waals surface area (Å²) in [7, 11) is 0. The Morgan fingerprint density at radius 2 is 1.80 bits per heavy atom. The van der Waals surface area contributed by atoms with Crippen molar-refractivity contribution < 1.29 is 19.1 Å². The van der Waals surface area contributed by atoms with Gasteiger partial charge in [-0.3, -0.25) is 4.79 Å². The van der Waals surface area contributed by atoms with E-state index in [1.165, 1.54) is 4.57 Å². The molecule has 0 atom stereocenters. The highest BCUT2D eigenvalue weighted by atomic mass is 16.5. The van der Waals surface area contributed by atoms with Gasteiger partial charge >= 0.3 is 11.9 Å². The number of aryl methyl sites for hydroxylation is 1. The molecule has 0 bridgehead atoms. The number of hydrogen-bond donors (Lipinski definition) is 1. The maximum atomic E-state index is 12.7. The highest BCUT2D eigenvalue weighted by molar-refractivity contribution is 6.10. The number of nitriles is 1. The highest BCUT2D eigenvalue weighted by Gasteiger charge is 2.28. The van der Waals surface area contributed by atoms with Crippen LogP contribution in [0.3, 0.4) is 0 Å². The zero-order valence-corrected chi connectivity index (χ0v) is 17.2. The Balaban J connectivity index is 2.41. The summed E-state index contributed by atoms with van der Waals surface area (Å²) >= 11 is 0. The lowest BCUT2D eigenvalue weighted by Gasteiger charge is -2.14. The summed E-state index contributed by atoms with van der Waals surface area (Å²) in [5.74, 6) is -1.19. The van der Waals surface area contributed by atoms with Crippen LogP contribution in [0.4, 0.5) is 5.69 Å². The zero-order valence-electron chi connectivity index (χ0n) is 17.2. The fourth-order valence-electron chi connectivity index (χ4n) is 3.68. The molecule has 0 fully saturated rings. The summed E-state index contributed by atoms with van der Waals surface area (Å²) in [5.41, 5.74) is 9.70. The molecule has 1 heterocycles. The number of rotatable bonds is 6. The normalized spacial score (nSPS) is 10.6. The highest BCUT2D eigenvalue weighted by Crippen LogP contribution is 2.38. The van der Waals surface area contributed by atoms with Crippen LogP contribution in [-0.2, 0) is 20.8 Å². The van der Waals surface area contributed by atoms with Crippen LogP contribution in [0.5, 0.6) is 0 Å². The van der Waals surface area contributed by atoms with E-state index in [4.69, 9.17) is 15.2 Å². The molecule has 0 spiro atoms. The van der Waals surface area contributed by atoms with Gasteiger partial charge < -0.3 is 19.8 Å². The fourth-order valence-corrected chi connectivity index (χ4v) is 3.68. The second-order valence-corrected chi connectivity index (χ2v) is 6.69. The van der Waals surface area contributed by atoms with Gasteiger partial charge in [-0.15, -0.1) is 0 Å². The summed E-state index contributed by atoms with van der Waals surface area (Å²) in [6.07, 6.45) is 0. The van der Waals surface area contributed by atoms with E-state index in [1.807, 2.05) is 43.3 Å². The molecule has 7 nitrogen and oxygen atoms in total. The van der Waals surface area contributed by atoms with Gasteiger partial charge in [0.1, 0.15) is 12.6 Å². The molecule has 1 aromatic heterocycles. The lowest BCUT2D eigenvalue weighted by molar-refractivity contribution is -0.143. The van der Waals surface area contributed by atoms with Crippen molar-refractivity contribution in [2.45, 2.75) is 27.3 Å². The lowest BCUT2D eigenvalue weighted by Crippen LogP contribution is -2.20. The Bertz CT molecular complexity index is 1160. The molecule has 0 aliphatic rings. The van der Waals surface area contributed by atoms with Gasteiger partial charge in [0.05, 0.1) is 30.0 Å². The molecule has 0 radical (unpaired) electrons. The van der Waals surface area contributed by atoms with E-state index in [2.05, 4.69) is 6.07 Å². The van der Waals surface area contributed by atoms with Gasteiger partial charge in [-0.25, -0.2) is 4.79 Å². The van der Waals surface area contributed by atoms with Crippen molar-refractivity contribution in [3.63, 3.8) is 0 Å². The number of nitrogen functional groups attached to an aromatic ring is 1. The van der Waals surface area contributed by atoms with Gasteiger partial charge in [-0.1, -0.05) is 30.3 Å². The fraction of sp³-hybridized carbons (Fsp3) is 0.261. The van der Waals surface area contributed by atoms with E-state index < -0.39 is 11.9 Å². The van der Waals surface area contributed by atoms with Crippen molar-refractivity contribution in [1.82, 2.24) is 4.57 Å². The Labute approximate surface area is 174 Å². The molecule has 3 rings (SSSR count). The average Bonchev–Trinajstić information content (AvgIpc) is 2.99. The number of fused-ring (bicyclic) bond motifs is 1. The number of aromatic nitrogens is 1. The number of nitrogens with two attached hydrogens (primary N) is 1. The molecular weight excluding hydrogens is 382 g/mol. The number of ether oxygens (including phenoxy) is 2. The predicted octanol–water partition coefficient (Wildman–Crippen LogP) is 3.81. The van der Waals surface area contributed by atoms with Crippen LogP contribution in [-0.4, -0.2) is 29.7 Å². The van der Waals surface area contributed by atoms with Gasteiger partial charge in [0.2, 0.25) is 0 Å². The second kappa shape index (κ2) is 8.70. The molecule has 30 heavy (non-hydrogen) atoms. The maximum Gasteiger partial charge on any atom is 0.357 e. The number of esters is 2. The zero-order chi connectivity index (χ0) is 21.8. The standard InChI is InChI=1S/C23H23N3O4/c1-4-29-18(27)13-26-21-16(20(25)22(26)23(28)30-5-2)11-14(3)19(17(21)12-24)15-9-7-6-8-10-15/h6-11H,4-5,13,25H2,1-3H3. The minimum Gasteiger partial charge on any atom is -0.465 e. The van der Waals surface area contributed by atoms with Crippen LogP contribution in [0, 0.1) is 18.3 Å². The van der Waals surface area contributed by atoms with E-state index in [0.29, 0.717) is 16.5 Å². The minimum absolute atomic E-state index is 0.0426. The van der Waals surface area contributed by atoms with Crippen molar-refractivity contribution in [3.8, 4) is 17.2 Å². The number of carbonyl (C=O) groups excluding carboxylic acids is 2.